The van der Waals surface area contributed by atoms with E-state index in [1.54, 1.807) is 11.3 Å². The van der Waals surface area contributed by atoms with Crippen LogP contribution in [0.1, 0.15) is 0 Å². The molecule has 0 unspecified atom stereocenters. The summed E-state index contributed by atoms with van der Waals surface area (Å²) in [5.74, 6) is 3.23. The van der Waals surface area contributed by atoms with Crippen LogP contribution in [0.15, 0.2) is 382 Å². The van der Waals surface area contributed by atoms with E-state index in [2.05, 4.69) is 381 Å². The lowest BCUT2D eigenvalue weighted by molar-refractivity contribution is 0.953. The Bertz CT molecular complexity index is 9210. The SMILES string of the molecule is c1ccc(-c2nc(-c3ccc(-c4cccc5c4c4ccccc4n5-c4nccc5c4sc4ccc(-n6c7ccccc7c7cc(-c8ccc9c(c8)c8sc%10ccccc%10c8c8c%10ccccc%10n(-c%10nc(-c%11ccccc%11)c%11ccccc%11n%10)c98)ccc76)cc45)cc3)nc(-n3c4ccccc4c4ccc5c6ccccc6n(-c6ccccc6)c5c43)n2)cc1. The number of para-hydroxylation sites is 7. The number of aromatic nitrogens is 11. The third-order valence-electron chi connectivity index (χ3n) is 25.4. The molecule has 0 radical (unpaired) electrons. The van der Waals surface area contributed by atoms with Gasteiger partial charge in [0.2, 0.25) is 11.9 Å². The molecule has 0 saturated heterocycles. The standard InChI is InChI=1S/C110H63N11S2/c1-4-25-65(26-5-1)100-80-34-10-17-39-87(80)112-109(113-100)120-92-44-22-15-36-82(92)98-99-83-37-16-23-46-95(83)122-104(99)86-62-68(51-54-78(86)101(98)120)69-52-57-93-84(61-69)75-33-13-18-40-88(75)117(93)71-53-58-96-85(63-71)79-59-60-111-108(105(79)123-96)119-91-43-21-14-35-81(91)97-72(38-24-45-94(97)119)64-47-49-67(50-48-64)107-114-106(66-27-6-2-7-28-66)115-110(116-107)121-90-42-20-12-32-74(90)77-56-55-76-73-31-11-19-41-89(73)118(102(76)103(77)121)70-29-8-3-9-30-70/h1-63H. The van der Waals surface area contributed by atoms with Crippen LogP contribution < -0.4 is 0 Å². The first-order valence-electron chi connectivity index (χ1n) is 41.5. The molecule has 0 aliphatic heterocycles. The molecule has 27 rings (SSSR count). The largest absolute Gasteiger partial charge is 0.309 e. The molecule has 0 bridgehead atoms. The Labute approximate surface area is 709 Å². The number of fused-ring (bicyclic) bond motifs is 27. The Morgan fingerprint density at radius 1 is 0.220 bits per heavy atom. The van der Waals surface area contributed by atoms with Crippen molar-refractivity contribution in [3.05, 3.63) is 382 Å². The van der Waals surface area contributed by atoms with E-state index in [9.17, 15) is 0 Å². The monoisotopic (exact) mass is 1600 g/mol. The van der Waals surface area contributed by atoms with Crippen LogP contribution in [0.4, 0.5) is 0 Å². The summed E-state index contributed by atoms with van der Waals surface area (Å²) in [5.41, 5.74) is 22.1. The molecule has 0 aliphatic rings. The molecule has 0 spiro atoms. The van der Waals surface area contributed by atoms with E-state index in [0.29, 0.717) is 23.5 Å². The van der Waals surface area contributed by atoms with Gasteiger partial charge in [0.1, 0.15) is 0 Å². The van der Waals surface area contributed by atoms with Crippen LogP contribution in [0.3, 0.4) is 0 Å². The first kappa shape index (κ1) is 67.9. The van der Waals surface area contributed by atoms with Crippen molar-refractivity contribution in [1.29, 1.82) is 0 Å². The molecule has 0 aliphatic carbocycles. The molecular formula is C110H63N11S2. The minimum Gasteiger partial charge on any atom is -0.309 e. The summed E-state index contributed by atoms with van der Waals surface area (Å²) in [5, 5.41) is 19.8. The molecule has 123 heavy (non-hydrogen) atoms. The lowest BCUT2D eigenvalue weighted by atomic mass is 9.96. The average molecular weight is 1600 g/mol. The summed E-state index contributed by atoms with van der Waals surface area (Å²) < 4.78 is 16.7. The molecule has 13 heteroatoms. The van der Waals surface area contributed by atoms with Crippen LogP contribution in [0, 0.1) is 0 Å². The molecule has 0 N–H and O–H groups in total. The molecule has 27 aromatic rings. The van der Waals surface area contributed by atoms with Crippen molar-refractivity contribution in [3.63, 3.8) is 0 Å². The van der Waals surface area contributed by atoms with Crippen molar-refractivity contribution in [2.45, 2.75) is 0 Å². The lowest BCUT2D eigenvalue weighted by Crippen LogP contribution is -2.07. The molecule has 0 fully saturated rings. The van der Waals surface area contributed by atoms with Crippen LogP contribution in [0.5, 0.6) is 0 Å². The van der Waals surface area contributed by atoms with E-state index in [1.165, 1.54) is 62.6 Å². The second kappa shape index (κ2) is 26.2. The number of pyridine rings is 1. The maximum absolute atomic E-state index is 5.55. The summed E-state index contributed by atoms with van der Waals surface area (Å²) in [6.07, 6.45) is 1.99. The smallest absolute Gasteiger partial charge is 0.238 e. The second-order valence-corrected chi connectivity index (χ2v) is 34.1. The molecular weight excluding hydrogens is 1540 g/mol. The fourth-order valence-electron chi connectivity index (χ4n) is 20.1. The van der Waals surface area contributed by atoms with Crippen molar-refractivity contribution in [2.75, 3.05) is 0 Å². The van der Waals surface area contributed by atoms with Crippen molar-refractivity contribution in [3.8, 4) is 85.4 Å². The van der Waals surface area contributed by atoms with Crippen molar-refractivity contribution >= 4 is 194 Å². The van der Waals surface area contributed by atoms with E-state index in [0.717, 1.165) is 170 Å². The van der Waals surface area contributed by atoms with Crippen LogP contribution in [0.25, 0.3) is 256 Å². The summed E-state index contributed by atoms with van der Waals surface area (Å²) in [6, 6.07) is 136. The van der Waals surface area contributed by atoms with Gasteiger partial charge < -0.3 is 9.13 Å². The zero-order valence-corrected chi connectivity index (χ0v) is 67.2. The zero-order valence-electron chi connectivity index (χ0n) is 65.6. The van der Waals surface area contributed by atoms with E-state index < -0.39 is 0 Å². The van der Waals surface area contributed by atoms with Crippen LogP contribution >= 0.6 is 22.7 Å². The van der Waals surface area contributed by atoms with Gasteiger partial charge >= 0.3 is 0 Å². The summed E-state index contributed by atoms with van der Waals surface area (Å²) >= 11 is 3.68. The van der Waals surface area contributed by atoms with Crippen LogP contribution in [0.2, 0.25) is 0 Å². The predicted octanol–water partition coefficient (Wildman–Crippen LogP) is 28.9. The van der Waals surface area contributed by atoms with E-state index in [-0.39, 0.29) is 0 Å². The van der Waals surface area contributed by atoms with Gasteiger partial charge in [-0.05, 0) is 125 Å². The quantitative estimate of drug-likeness (QED) is 0.135. The van der Waals surface area contributed by atoms with Gasteiger partial charge in [-0.15, -0.1) is 22.7 Å². The normalized spacial score (nSPS) is 12.2. The van der Waals surface area contributed by atoms with Gasteiger partial charge in [-0.25, -0.2) is 19.9 Å². The van der Waals surface area contributed by atoms with Crippen molar-refractivity contribution in [2.24, 2.45) is 0 Å². The van der Waals surface area contributed by atoms with Gasteiger partial charge in [0.15, 0.2) is 17.5 Å². The maximum atomic E-state index is 5.55. The molecule has 0 saturated carbocycles. The molecule has 10 aromatic heterocycles. The van der Waals surface area contributed by atoms with Crippen LogP contribution in [-0.4, -0.2) is 52.7 Å². The Morgan fingerprint density at radius 2 is 0.707 bits per heavy atom. The number of benzene rings is 17. The molecule has 0 amide bonds. The summed E-state index contributed by atoms with van der Waals surface area (Å²) in [4.78, 5) is 32.6. The fraction of sp³-hybridized carbons (Fsp3) is 0. The van der Waals surface area contributed by atoms with Gasteiger partial charge in [-0.3, -0.25) is 13.7 Å². The van der Waals surface area contributed by atoms with E-state index in [1.807, 2.05) is 35.7 Å². The average Bonchev–Trinajstić information content (AvgIpc) is 1.54. The Hall–Kier alpha value is -16.1. The first-order valence-corrected chi connectivity index (χ1v) is 43.1. The summed E-state index contributed by atoms with van der Waals surface area (Å²) in [7, 11) is 0. The molecule has 11 nitrogen and oxygen atoms in total. The predicted molar refractivity (Wildman–Crippen MR) is 513 cm³/mol. The lowest BCUT2D eigenvalue weighted by Gasteiger charge is -2.14. The van der Waals surface area contributed by atoms with Crippen LogP contribution in [-0.2, 0) is 0 Å². The van der Waals surface area contributed by atoms with Gasteiger partial charge in [-0.2, -0.15) is 9.97 Å². The molecule has 10 heterocycles. The zero-order chi connectivity index (χ0) is 80.2. The third-order valence-corrected chi connectivity index (χ3v) is 27.8. The van der Waals surface area contributed by atoms with E-state index in [4.69, 9.17) is 29.9 Å². The van der Waals surface area contributed by atoms with Gasteiger partial charge in [0.25, 0.3) is 0 Å². The minimum atomic E-state index is 0.536. The summed E-state index contributed by atoms with van der Waals surface area (Å²) in [6.45, 7) is 0. The Balaban J connectivity index is 0.568. The van der Waals surface area contributed by atoms with Crippen molar-refractivity contribution in [1.82, 2.24) is 52.7 Å². The number of rotatable bonds is 10. The van der Waals surface area contributed by atoms with E-state index >= 15 is 0 Å². The number of nitrogens with zero attached hydrogens (tertiary/aromatic N) is 11. The Morgan fingerprint density at radius 3 is 1.43 bits per heavy atom. The first-order chi connectivity index (χ1) is 61.0. The van der Waals surface area contributed by atoms with Gasteiger partial charge in [0.05, 0.1) is 71.1 Å². The molecule has 570 valence electrons. The number of hydrogen-bond acceptors (Lipinski definition) is 8. The Kier molecular flexibility index (Phi) is 14.5. The molecule has 0 atom stereocenters. The minimum absolute atomic E-state index is 0.536. The number of hydrogen-bond donors (Lipinski definition) is 0. The fourth-order valence-corrected chi connectivity index (χ4v) is 22.5. The highest BCUT2D eigenvalue weighted by molar-refractivity contribution is 7.27. The van der Waals surface area contributed by atoms with Gasteiger partial charge in [-0.1, -0.05) is 273 Å². The highest BCUT2D eigenvalue weighted by Gasteiger charge is 2.29. The third kappa shape index (κ3) is 9.96. The topological polar surface area (TPSA) is 102 Å². The van der Waals surface area contributed by atoms with Gasteiger partial charge in [0, 0.05) is 140 Å². The second-order valence-electron chi connectivity index (χ2n) is 31.9. The maximum Gasteiger partial charge on any atom is 0.238 e. The number of thiophene rings is 2. The highest BCUT2D eigenvalue weighted by atomic mass is 32.1. The van der Waals surface area contributed by atoms with Crippen molar-refractivity contribution < 1.29 is 0 Å². The highest BCUT2D eigenvalue weighted by Crippen LogP contribution is 2.52. The molecule has 17 aromatic carbocycles.